The molecule has 0 atom stereocenters. The average molecular weight is 313 g/mol. The minimum Gasteiger partial charge on any atom is -0.455 e. The maximum atomic E-state index is 12.5. The summed E-state index contributed by atoms with van der Waals surface area (Å²) in [6, 6.07) is 19.9. The van der Waals surface area contributed by atoms with Crippen molar-refractivity contribution in [3.63, 3.8) is 0 Å². The van der Waals surface area contributed by atoms with Gasteiger partial charge in [0.15, 0.2) is 5.43 Å². The Kier molecular flexibility index (Phi) is 3.26. The fourth-order valence-corrected chi connectivity index (χ4v) is 2.80. The van der Waals surface area contributed by atoms with Crippen LogP contribution >= 0.6 is 0 Å². The lowest BCUT2D eigenvalue weighted by molar-refractivity contribution is 0.622. The lowest BCUT2D eigenvalue weighted by Crippen LogP contribution is -2.00. The van der Waals surface area contributed by atoms with E-state index < -0.39 is 0 Å². The molecular weight excluding hydrogens is 302 g/mol. The monoisotopic (exact) mass is 313 g/mol. The first-order chi connectivity index (χ1) is 11.8. The van der Waals surface area contributed by atoms with Gasteiger partial charge in [0.2, 0.25) is 0 Å². The summed E-state index contributed by atoms with van der Waals surface area (Å²) in [6.45, 7) is 0. The molecule has 3 aromatic carbocycles. The second-order valence-electron chi connectivity index (χ2n) is 5.38. The van der Waals surface area contributed by atoms with Gasteiger partial charge in [0.05, 0.1) is 5.39 Å². The molecule has 4 rings (SSSR count). The molecule has 0 spiro atoms. The Morgan fingerprint density at radius 1 is 0.917 bits per heavy atom. The highest BCUT2D eigenvalue weighted by atomic mass is 16.3. The van der Waals surface area contributed by atoms with Crippen molar-refractivity contribution in [3.8, 4) is 11.3 Å². The molecule has 0 unspecified atom stereocenters. The average Bonchev–Trinajstić information content (AvgIpc) is 2.62. The first-order valence-corrected chi connectivity index (χ1v) is 7.37. The Bertz CT molecular complexity index is 1190. The predicted molar refractivity (Wildman–Crippen MR) is 94.2 cm³/mol. The van der Waals surface area contributed by atoms with Gasteiger partial charge in [-0.3, -0.25) is 4.79 Å². The van der Waals surface area contributed by atoms with Gasteiger partial charge in [0.1, 0.15) is 11.3 Å². The fourth-order valence-electron chi connectivity index (χ4n) is 2.80. The highest BCUT2D eigenvalue weighted by Crippen LogP contribution is 2.29. The minimum atomic E-state index is -0.105. The van der Waals surface area contributed by atoms with Gasteiger partial charge in [-0.1, -0.05) is 53.6 Å². The highest BCUT2D eigenvalue weighted by Gasteiger charge is 2.10. The Labute approximate surface area is 136 Å². The van der Waals surface area contributed by atoms with Crippen LogP contribution in [-0.4, -0.2) is 0 Å². The number of fused-ring (bicyclic) bond motifs is 3. The molecule has 0 N–H and O–H groups in total. The standard InChI is InChI=1S/C19H11N3O2/c20-22-21-14-6-3-5-13(10-14)18-11-17(23)16-9-8-12-4-1-2-7-15(12)19(16)24-18/h1-11H. The molecule has 4 aromatic rings. The maximum Gasteiger partial charge on any atom is 0.193 e. The van der Waals surface area contributed by atoms with E-state index in [4.69, 9.17) is 9.95 Å². The van der Waals surface area contributed by atoms with Gasteiger partial charge in [-0.25, -0.2) is 0 Å². The molecule has 5 nitrogen and oxygen atoms in total. The third-order valence-electron chi connectivity index (χ3n) is 3.91. The number of rotatable bonds is 2. The SMILES string of the molecule is [N-]=[N+]=Nc1cccc(-c2cc(=O)c3ccc4ccccc4c3o2)c1. The van der Waals surface area contributed by atoms with E-state index in [0.717, 1.165) is 10.8 Å². The summed E-state index contributed by atoms with van der Waals surface area (Å²) in [5.41, 5.74) is 10.2. The van der Waals surface area contributed by atoms with E-state index in [0.29, 0.717) is 28.0 Å². The zero-order valence-electron chi connectivity index (χ0n) is 12.5. The predicted octanol–water partition coefficient (Wildman–Crippen LogP) is 5.56. The van der Waals surface area contributed by atoms with E-state index in [2.05, 4.69) is 10.0 Å². The second-order valence-corrected chi connectivity index (χ2v) is 5.38. The van der Waals surface area contributed by atoms with Crippen LogP contribution in [0.5, 0.6) is 0 Å². The molecule has 5 heteroatoms. The van der Waals surface area contributed by atoms with E-state index >= 15 is 0 Å². The van der Waals surface area contributed by atoms with Crippen molar-refractivity contribution in [2.75, 3.05) is 0 Å². The minimum absolute atomic E-state index is 0.105. The van der Waals surface area contributed by atoms with Gasteiger partial charge in [-0.2, -0.15) is 0 Å². The van der Waals surface area contributed by atoms with Crippen LogP contribution in [0, 0.1) is 0 Å². The summed E-state index contributed by atoms with van der Waals surface area (Å²) < 4.78 is 6.04. The summed E-state index contributed by atoms with van der Waals surface area (Å²) >= 11 is 0. The zero-order valence-corrected chi connectivity index (χ0v) is 12.5. The quantitative estimate of drug-likeness (QED) is 0.210. The van der Waals surface area contributed by atoms with Gasteiger partial charge in [-0.05, 0) is 23.1 Å². The van der Waals surface area contributed by atoms with Crippen molar-refractivity contribution in [3.05, 3.63) is 87.4 Å². The molecule has 0 saturated carbocycles. The van der Waals surface area contributed by atoms with Crippen molar-refractivity contribution in [2.45, 2.75) is 0 Å². The number of hydrogen-bond acceptors (Lipinski definition) is 3. The Hall–Kier alpha value is -3.56. The van der Waals surface area contributed by atoms with Crippen LogP contribution in [0.2, 0.25) is 0 Å². The number of azide groups is 1. The van der Waals surface area contributed by atoms with Crippen LogP contribution in [0.4, 0.5) is 5.69 Å². The molecule has 0 bridgehead atoms. The normalized spacial score (nSPS) is 10.7. The summed E-state index contributed by atoms with van der Waals surface area (Å²) in [6.07, 6.45) is 0. The summed E-state index contributed by atoms with van der Waals surface area (Å²) in [7, 11) is 0. The van der Waals surface area contributed by atoms with Crippen molar-refractivity contribution in [1.29, 1.82) is 0 Å². The van der Waals surface area contributed by atoms with Crippen LogP contribution in [0.15, 0.2) is 81.1 Å². The number of benzene rings is 3. The van der Waals surface area contributed by atoms with Gasteiger partial charge >= 0.3 is 0 Å². The van der Waals surface area contributed by atoms with Crippen LogP contribution in [-0.2, 0) is 0 Å². The van der Waals surface area contributed by atoms with E-state index in [-0.39, 0.29) is 5.43 Å². The molecule has 0 saturated heterocycles. The van der Waals surface area contributed by atoms with Crippen molar-refractivity contribution < 1.29 is 4.42 Å². The first-order valence-electron chi connectivity index (χ1n) is 7.37. The molecule has 0 fully saturated rings. The van der Waals surface area contributed by atoms with Crippen molar-refractivity contribution >= 4 is 27.4 Å². The number of nitrogens with zero attached hydrogens (tertiary/aromatic N) is 3. The van der Waals surface area contributed by atoms with Gasteiger partial charge in [0, 0.05) is 27.6 Å². The summed E-state index contributed by atoms with van der Waals surface area (Å²) in [5.74, 6) is 0.443. The topological polar surface area (TPSA) is 79.0 Å². The lowest BCUT2D eigenvalue weighted by atomic mass is 10.1. The first kappa shape index (κ1) is 14.1. The molecule has 0 aliphatic heterocycles. The van der Waals surface area contributed by atoms with Crippen LogP contribution in [0.25, 0.3) is 43.5 Å². The van der Waals surface area contributed by atoms with E-state index in [1.807, 2.05) is 36.4 Å². The Morgan fingerprint density at radius 2 is 1.79 bits per heavy atom. The molecule has 24 heavy (non-hydrogen) atoms. The van der Waals surface area contributed by atoms with E-state index in [1.54, 1.807) is 24.3 Å². The maximum absolute atomic E-state index is 12.5. The summed E-state index contributed by atoms with van der Waals surface area (Å²) in [4.78, 5) is 15.3. The van der Waals surface area contributed by atoms with Gasteiger partial charge in [0.25, 0.3) is 0 Å². The molecule has 1 aromatic heterocycles. The zero-order chi connectivity index (χ0) is 16.5. The lowest BCUT2D eigenvalue weighted by Gasteiger charge is -2.06. The van der Waals surface area contributed by atoms with E-state index in [9.17, 15) is 4.79 Å². The van der Waals surface area contributed by atoms with E-state index in [1.165, 1.54) is 6.07 Å². The molecule has 0 aliphatic rings. The summed E-state index contributed by atoms with van der Waals surface area (Å²) in [5, 5.41) is 6.03. The third kappa shape index (κ3) is 2.29. The molecular formula is C19H11N3O2. The third-order valence-corrected chi connectivity index (χ3v) is 3.91. The van der Waals surface area contributed by atoms with Gasteiger partial charge < -0.3 is 4.42 Å². The molecule has 0 radical (unpaired) electrons. The number of hydrogen-bond donors (Lipinski definition) is 0. The highest BCUT2D eigenvalue weighted by molar-refractivity contribution is 6.04. The Balaban J connectivity index is 2.03. The molecule has 114 valence electrons. The molecule has 1 heterocycles. The molecule has 0 amide bonds. The van der Waals surface area contributed by atoms with Gasteiger partial charge in [-0.15, -0.1) is 0 Å². The smallest absolute Gasteiger partial charge is 0.193 e. The second kappa shape index (κ2) is 5.57. The van der Waals surface area contributed by atoms with Crippen LogP contribution in [0.3, 0.4) is 0 Å². The van der Waals surface area contributed by atoms with Crippen LogP contribution < -0.4 is 5.43 Å². The largest absolute Gasteiger partial charge is 0.455 e. The van der Waals surface area contributed by atoms with Crippen molar-refractivity contribution in [1.82, 2.24) is 0 Å². The van der Waals surface area contributed by atoms with Crippen LogP contribution in [0.1, 0.15) is 0 Å². The Morgan fingerprint density at radius 3 is 2.67 bits per heavy atom. The fraction of sp³-hybridized carbons (Fsp3) is 0. The molecule has 0 aliphatic carbocycles. The van der Waals surface area contributed by atoms with Crippen molar-refractivity contribution in [2.24, 2.45) is 5.11 Å².